The van der Waals surface area contributed by atoms with Gasteiger partial charge in [0.25, 0.3) is 0 Å². The molecule has 8 aromatic carbocycles. The molecule has 4 nitrogen and oxygen atoms in total. The number of nitrogens with zero attached hydrogens (tertiary/aromatic N) is 2. The van der Waals surface area contributed by atoms with Crippen LogP contribution >= 0.6 is 0 Å². The van der Waals surface area contributed by atoms with Gasteiger partial charge in [0.15, 0.2) is 5.82 Å². The first kappa shape index (κ1) is 27.2. The average Bonchev–Trinajstić information content (AvgIpc) is 3.75. The lowest BCUT2D eigenvalue weighted by atomic mass is 9.91. The number of hydrogen-bond acceptors (Lipinski definition) is 4. The normalized spacial score (nSPS) is 12.0. The Morgan fingerprint density at radius 3 is 1.54 bits per heavy atom. The maximum Gasteiger partial charge on any atom is 0.160 e. The molecule has 0 amide bonds. The Labute approximate surface area is 286 Å². The zero-order valence-corrected chi connectivity index (χ0v) is 26.7. The summed E-state index contributed by atoms with van der Waals surface area (Å²) in [5, 5.41) is 9.17. The topological polar surface area (TPSA) is 52.1 Å². The molecule has 0 aliphatic carbocycles. The van der Waals surface area contributed by atoms with Crippen molar-refractivity contribution >= 4 is 65.4 Å². The van der Waals surface area contributed by atoms with Crippen molar-refractivity contribution in [2.24, 2.45) is 0 Å². The van der Waals surface area contributed by atoms with E-state index in [4.69, 9.17) is 18.8 Å². The first-order chi connectivity index (χ1) is 24.7. The molecular formula is C46H26N2O2. The third-order valence-electron chi connectivity index (χ3n) is 10.0. The molecule has 0 N–H and O–H groups in total. The van der Waals surface area contributed by atoms with Crippen LogP contribution < -0.4 is 0 Å². The minimum atomic E-state index is 0.637. The predicted molar refractivity (Wildman–Crippen MR) is 205 cm³/mol. The van der Waals surface area contributed by atoms with Crippen LogP contribution in [0.2, 0.25) is 0 Å². The minimum absolute atomic E-state index is 0.637. The number of furan rings is 2. The summed E-state index contributed by atoms with van der Waals surface area (Å²) in [7, 11) is 0. The molecule has 0 saturated heterocycles. The van der Waals surface area contributed by atoms with Gasteiger partial charge in [-0.25, -0.2) is 9.97 Å². The van der Waals surface area contributed by atoms with Gasteiger partial charge in [-0.3, -0.25) is 0 Å². The number of aromatic nitrogens is 2. The molecule has 3 heterocycles. The molecular weight excluding hydrogens is 613 g/mol. The Bertz CT molecular complexity index is 3080. The lowest BCUT2D eigenvalue weighted by Crippen LogP contribution is -1.96. The highest BCUT2D eigenvalue weighted by Crippen LogP contribution is 2.46. The summed E-state index contributed by atoms with van der Waals surface area (Å²) < 4.78 is 13.0. The van der Waals surface area contributed by atoms with Crippen LogP contribution in [0.4, 0.5) is 0 Å². The highest BCUT2D eigenvalue weighted by Gasteiger charge is 2.21. The standard InChI is InChI=1S/C46H26N2O2/c1-3-11-27(12-4-1)30-21-36-32-15-7-8-16-33(32)37-22-31(25-43-45(37)44(36)42(24-30)50-43)46-47-38(28-13-5-2-6-14-28)26-39(48-46)29-19-20-35-34-17-9-10-18-40(34)49-41(35)23-29/h1-26H. The van der Waals surface area contributed by atoms with E-state index in [0.29, 0.717) is 5.82 Å². The maximum absolute atomic E-state index is 6.75. The number of hydrogen-bond donors (Lipinski definition) is 0. The molecule has 4 heteroatoms. The fourth-order valence-electron chi connectivity index (χ4n) is 7.70. The molecule has 0 atom stereocenters. The largest absolute Gasteiger partial charge is 0.456 e. The van der Waals surface area contributed by atoms with Crippen molar-refractivity contribution in [2.75, 3.05) is 0 Å². The van der Waals surface area contributed by atoms with Gasteiger partial charge in [-0.05, 0) is 81.2 Å². The number of rotatable bonds is 4. The SMILES string of the molecule is c1ccc(-c2cc3oc4cc(-c5nc(-c6ccccc6)cc(-c6ccc7c(c6)oc6ccccc67)n5)cc5c6ccccc6c(c2)c3c45)cc1. The number of para-hydroxylation sites is 1. The average molecular weight is 639 g/mol. The van der Waals surface area contributed by atoms with E-state index in [1.165, 1.54) is 16.2 Å². The monoisotopic (exact) mass is 638 g/mol. The molecule has 232 valence electrons. The van der Waals surface area contributed by atoms with Crippen LogP contribution in [-0.2, 0) is 0 Å². The molecule has 0 fully saturated rings. The van der Waals surface area contributed by atoms with Gasteiger partial charge in [-0.1, -0.05) is 109 Å². The Balaban J connectivity index is 1.17. The number of fused-ring (bicyclic) bond motifs is 6. The summed E-state index contributed by atoms with van der Waals surface area (Å²) >= 11 is 0. The van der Waals surface area contributed by atoms with Crippen LogP contribution in [0.5, 0.6) is 0 Å². The van der Waals surface area contributed by atoms with Crippen LogP contribution in [0, 0.1) is 0 Å². The minimum Gasteiger partial charge on any atom is -0.456 e. The lowest BCUT2D eigenvalue weighted by Gasteiger charge is -2.12. The van der Waals surface area contributed by atoms with Crippen LogP contribution in [-0.4, -0.2) is 9.97 Å². The van der Waals surface area contributed by atoms with Gasteiger partial charge < -0.3 is 8.83 Å². The van der Waals surface area contributed by atoms with Gasteiger partial charge >= 0.3 is 0 Å². The molecule has 0 bridgehead atoms. The molecule has 0 aliphatic heterocycles. The summed E-state index contributed by atoms with van der Waals surface area (Å²) in [4.78, 5) is 10.4. The first-order valence-electron chi connectivity index (χ1n) is 16.8. The summed E-state index contributed by atoms with van der Waals surface area (Å²) in [6.07, 6.45) is 0. The van der Waals surface area contributed by atoms with Crippen molar-refractivity contribution in [3.8, 4) is 45.0 Å². The van der Waals surface area contributed by atoms with Crippen LogP contribution in [0.15, 0.2) is 167 Å². The quantitative estimate of drug-likeness (QED) is 0.180. The van der Waals surface area contributed by atoms with E-state index in [9.17, 15) is 0 Å². The Morgan fingerprint density at radius 2 is 0.820 bits per heavy atom. The van der Waals surface area contributed by atoms with Gasteiger partial charge in [-0.2, -0.15) is 0 Å². The fourth-order valence-corrected chi connectivity index (χ4v) is 7.70. The van der Waals surface area contributed by atoms with E-state index >= 15 is 0 Å². The summed E-state index contributed by atoms with van der Waals surface area (Å²) in [6, 6.07) is 54.8. The van der Waals surface area contributed by atoms with Crippen LogP contribution in [0.3, 0.4) is 0 Å². The molecule has 0 unspecified atom stereocenters. The van der Waals surface area contributed by atoms with Crippen molar-refractivity contribution in [1.82, 2.24) is 9.97 Å². The molecule has 11 rings (SSSR count). The second-order valence-corrected chi connectivity index (χ2v) is 12.9. The Hall–Kier alpha value is -6.78. The van der Waals surface area contributed by atoms with Crippen molar-refractivity contribution in [1.29, 1.82) is 0 Å². The molecule has 11 aromatic rings. The van der Waals surface area contributed by atoms with Crippen LogP contribution in [0.1, 0.15) is 0 Å². The third kappa shape index (κ3) is 4.06. The summed E-state index contributed by atoms with van der Waals surface area (Å²) in [5.41, 5.74) is 10.3. The van der Waals surface area contributed by atoms with E-state index in [2.05, 4.69) is 115 Å². The van der Waals surface area contributed by atoms with Gasteiger partial charge in [0, 0.05) is 38.2 Å². The maximum atomic E-state index is 6.75. The predicted octanol–water partition coefficient (Wildman–Crippen LogP) is 12.7. The van der Waals surface area contributed by atoms with Crippen molar-refractivity contribution in [3.63, 3.8) is 0 Å². The number of benzene rings is 8. The molecule has 3 aromatic heterocycles. The van der Waals surface area contributed by atoms with E-state index < -0.39 is 0 Å². The summed E-state index contributed by atoms with van der Waals surface area (Å²) in [5.74, 6) is 0.637. The van der Waals surface area contributed by atoms with Gasteiger partial charge in [0.05, 0.1) is 11.4 Å². The summed E-state index contributed by atoms with van der Waals surface area (Å²) in [6.45, 7) is 0. The lowest BCUT2D eigenvalue weighted by molar-refractivity contribution is 0.669. The zero-order valence-electron chi connectivity index (χ0n) is 26.7. The first-order valence-corrected chi connectivity index (χ1v) is 16.8. The molecule has 0 saturated carbocycles. The highest BCUT2D eigenvalue weighted by atomic mass is 16.3. The second kappa shape index (κ2) is 10.4. The Kier molecular flexibility index (Phi) is 5.63. The molecule has 0 spiro atoms. The van der Waals surface area contributed by atoms with Gasteiger partial charge in [-0.15, -0.1) is 0 Å². The smallest absolute Gasteiger partial charge is 0.160 e. The highest BCUT2D eigenvalue weighted by molar-refractivity contribution is 6.34. The molecule has 0 radical (unpaired) electrons. The van der Waals surface area contributed by atoms with Gasteiger partial charge in [0.1, 0.15) is 22.3 Å². The third-order valence-corrected chi connectivity index (χ3v) is 10.0. The Morgan fingerprint density at radius 1 is 0.300 bits per heavy atom. The van der Waals surface area contributed by atoms with E-state index in [-0.39, 0.29) is 0 Å². The zero-order chi connectivity index (χ0) is 32.8. The molecule has 50 heavy (non-hydrogen) atoms. The van der Waals surface area contributed by atoms with E-state index in [0.717, 1.165) is 88.5 Å². The van der Waals surface area contributed by atoms with E-state index in [1.54, 1.807) is 0 Å². The van der Waals surface area contributed by atoms with Gasteiger partial charge in [0.2, 0.25) is 0 Å². The van der Waals surface area contributed by atoms with Crippen LogP contribution in [0.25, 0.3) is 110 Å². The molecule has 0 aliphatic rings. The van der Waals surface area contributed by atoms with Crippen molar-refractivity contribution in [3.05, 3.63) is 158 Å². The van der Waals surface area contributed by atoms with Crippen molar-refractivity contribution < 1.29 is 8.83 Å². The second-order valence-electron chi connectivity index (χ2n) is 12.9. The fraction of sp³-hybridized carbons (Fsp3) is 0. The van der Waals surface area contributed by atoms with Crippen molar-refractivity contribution in [2.45, 2.75) is 0 Å². The van der Waals surface area contributed by atoms with E-state index in [1.807, 2.05) is 42.5 Å².